The molecule has 1 aromatic rings. The summed E-state index contributed by atoms with van der Waals surface area (Å²) in [7, 11) is 1.74. The molecule has 1 atom stereocenters. The molecule has 0 spiro atoms. The fraction of sp³-hybridized carbons (Fsp3) is 0.526. The van der Waals surface area contributed by atoms with E-state index >= 15 is 0 Å². The summed E-state index contributed by atoms with van der Waals surface area (Å²) in [4.78, 5) is 37.0. The van der Waals surface area contributed by atoms with Crippen LogP contribution in [-0.4, -0.2) is 40.9 Å². The largest absolute Gasteiger partial charge is 0.480 e. The molecule has 1 rings (SSSR count). The molecule has 0 fully saturated rings. The van der Waals surface area contributed by atoms with Gasteiger partial charge in [-0.3, -0.25) is 9.59 Å². The zero-order chi connectivity index (χ0) is 19.1. The summed E-state index contributed by atoms with van der Waals surface area (Å²) in [5.41, 5.74) is 1.31. The van der Waals surface area contributed by atoms with Gasteiger partial charge in [0.25, 0.3) is 5.91 Å². The van der Waals surface area contributed by atoms with Crippen LogP contribution in [0.1, 0.15) is 50.0 Å². The zero-order valence-corrected chi connectivity index (χ0v) is 15.6. The van der Waals surface area contributed by atoms with Crippen LogP contribution < -0.4 is 5.32 Å². The lowest BCUT2D eigenvalue weighted by molar-refractivity contribution is -0.139. The molecular weight excluding hydrogens is 320 g/mol. The van der Waals surface area contributed by atoms with Crippen LogP contribution in [0.15, 0.2) is 24.3 Å². The van der Waals surface area contributed by atoms with Gasteiger partial charge in [0.15, 0.2) is 0 Å². The molecule has 0 radical (unpaired) electrons. The quantitative estimate of drug-likeness (QED) is 0.756. The van der Waals surface area contributed by atoms with Crippen LogP contribution in [0.25, 0.3) is 0 Å². The second-order valence-corrected chi connectivity index (χ2v) is 7.04. The van der Waals surface area contributed by atoms with Gasteiger partial charge in [0.2, 0.25) is 5.91 Å². The first-order valence-electron chi connectivity index (χ1n) is 8.49. The van der Waals surface area contributed by atoms with Crippen molar-refractivity contribution < 1.29 is 19.5 Å². The van der Waals surface area contributed by atoms with E-state index in [4.69, 9.17) is 0 Å². The molecule has 0 heterocycles. The van der Waals surface area contributed by atoms with Crippen LogP contribution in [0.5, 0.6) is 0 Å². The Balaban J connectivity index is 2.73. The number of carboxylic acid groups (broad SMARTS) is 1. The third-order valence-electron chi connectivity index (χ3n) is 3.82. The fourth-order valence-corrected chi connectivity index (χ4v) is 2.49. The minimum atomic E-state index is -1.03. The number of benzene rings is 1. The van der Waals surface area contributed by atoms with Crippen molar-refractivity contribution in [1.29, 1.82) is 0 Å². The molecule has 0 bridgehead atoms. The zero-order valence-electron chi connectivity index (χ0n) is 15.6. The number of hydrogen-bond acceptors (Lipinski definition) is 3. The molecule has 2 amide bonds. The first kappa shape index (κ1) is 20.7. The molecule has 0 aliphatic heterocycles. The fourth-order valence-electron chi connectivity index (χ4n) is 2.49. The Morgan fingerprint density at radius 2 is 1.64 bits per heavy atom. The van der Waals surface area contributed by atoms with E-state index in [1.54, 1.807) is 36.2 Å². The van der Waals surface area contributed by atoms with Crippen LogP contribution in [0, 0.1) is 11.8 Å². The Morgan fingerprint density at radius 1 is 1.08 bits per heavy atom. The molecule has 6 nitrogen and oxygen atoms in total. The van der Waals surface area contributed by atoms with Crippen LogP contribution in [0.2, 0.25) is 0 Å². The number of hydrogen-bond donors (Lipinski definition) is 2. The Bertz CT molecular complexity index is 608. The van der Waals surface area contributed by atoms with Gasteiger partial charge >= 0.3 is 5.97 Å². The maximum atomic E-state index is 12.2. The van der Waals surface area contributed by atoms with Gasteiger partial charge in [0.1, 0.15) is 6.04 Å². The van der Waals surface area contributed by atoms with E-state index in [0.717, 1.165) is 5.56 Å². The normalized spacial score (nSPS) is 12.1. The Labute approximate surface area is 149 Å². The van der Waals surface area contributed by atoms with Crippen molar-refractivity contribution in [2.75, 3.05) is 7.05 Å². The molecule has 0 saturated heterocycles. The summed E-state index contributed by atoms with van der Waals surface area (Å²) in [5, 5.41) is 11.8. The lowest BCUT2D eigenvalue weighted by atomic mass is 10.0. The Hall–Kier alpha value is -2.37. The minimum Gasteiger partial charge on any atom is -0.480 e. The highest BCUT2D eigenvalue weighted by atomic mass is 16.4. The van der Waals surface area contributed by atoms with Gasteiger partial charge in [0, 0.05) is 25.1 Å². The minimum absolute atomic E-state index is 0.0554. The average Bonchev–Trinajstić information content (AvgIpc) is 2.53. The van der Waals surface area contributed by atoms with Crippen molar-refractivity contribution in [2.24, 2.45) is 11.8 Å². The van der Waals surface area contributed by atoms with Gasteiger partial charge in [0.05, 0.1) is 0 Å². The maximum absolute atomic E-state index is 12.2. The van der Waals surface area contributed by atoms with Gasteiger partial charge in [-0.2, -0.15) is 0 Å². The number of amides is 2. The summed E-state index contributed by atoms with van der Waals surface area (Å²) in [6.45, 7) is 7.98. The second-order valence-electron chi connectivity index (χ2n) is 7.04. The summed E-state index contributed by atoms with van der Waals surface area (Å²) in [6, 6.07) is 5.94. The summed E-state index contributed by atoms with van der Waals surface area (Å²) in [6.07, 6.45) is 0.376. The van der Waals surface area contributed by atoms with Crippen LogP contribution in [-0.2, 0) is 16.1 Å². The van der Waals surface area contributed by atoms with Crippen molar-refractivity contribution in [3.63, 3.8) is 0 Å². The first-order valence-corrected chi connectivity index (χ1v) is 8.49. The third kappa shape index (κ3) is 6.57. The van der Waals surface area contributed by atoms with Crippen molar-refractivity contribution >= 4 is 17.8 Å². The number of carbonyl (C=O) groups is 3. The predicted octanol–water partition coefficient (Wildman–Crippen LogP) is 2.53. The van der Waals surface area contributed by atoms with Crippen molar-refractivity contribution in [1.82, 2.24) is 10.2 Å². The van der Waals surface area contributed by atoms with E-state index in [1.807, 2.05) is 27.7 Å². The van der Waals surface area contributed by atoms with Crippen molar-refractivity contribution in [3.8, 4) is 0 Å². The van der Waals surface area contributed by atoms with Gasteiger partial charge in [-0.15, -0.1) is 0 Å². The van der Waals surface area contributed by atoms with Crippen molar-refractivity contribution in [3.05, 3.63) is 35.4 Å². The lowest BCUT2D eigenvalue weighted by Crippen LogP contribution is -2.41. The molecule has 0 aromatic heterocycles. The SMILES string of the molecule is CC(C)C[C@H](NC(=O)c1ccc(CN(C)C(=O)C(C)C)cc1)C(=O)O. The molecule has 6 heteroatoms. The summed E-state index contributed by atoms with van der Waals surface area (Å²) in [5.74, 6) is -1.29. The smallest absolute Gasteiger partial charge is 0.326 e. The molecule has 138 valence electrons. The molecule has 0 saturated carbocycles. The molecule has 25 heavy (non-hydrogen) atoms. The number of carboxylic acids is 1. The first-order chi connectivity index (χ1) is 11.6. The van der Waals surface area contributed by atoms with Crippen LogP contribution >= 0.6 is 0 Å². The number of nitrogens with one attached hydrogen (secondary N) is 1. The van der Waals surface area contributed by atoms with E-state index < -0.39 is 17.9 Å². The average molecular weight is 348 g/mol. The second kappa shape index (κ2) is 9.20. The Morgan fingerprint density at radius 3 is 2.08 bits per heavy atom. The van der Waals surface area contributed by atoms with E-state index in [1.165, 1.54) is 0 Å². The van der Waals surface area contributed by atoms with E-state index in [-0.39, 0.29) is 17.7 Å². The van der Waals surface area contributed by atoms with Gasteiger partial charge < -0.3 is 15.3 Å². The standard InChI is InChI=1S/C19H28N2O4/c1-12(2)10-16(19(24)25)20-17(22)15-8-6-14(7-9-15)11-21(5)18(23)13(3)4/h6-9,12-13,16H,10-11H2,1-5H3,(H,20,22)(H,24,25)/t16-/m0/s1. The number of nitrogens with zero attached hydrogens (tertiary/aromatic N) is 1. The molecule has 0 aliphatic carbocycles. The van der Waals surface area contributed by atoms with Gasteiger partial charge in [-0.05, 0) is 30.0 Å². The molecule has 0 aliphatic rings. The monoisotopic (exact) mass is 348 g/mol. The van der Waals surface area contributed by atoms with E-state index in [9.17, 15) is 19.5 Å². The van der Waals surface area contributed by atoms with Crippen LogP contribution in [0.4, 0.5) is 0 Å². The highest BCUT2D eigenvalue weighted by Gasteiger charge is 2.21. The topological polar surface area (TPSA) is 86.7 Å². The number of aliphatic carboxylic acids is 1. The summed E-state index contributed by atoms with van der Waals surface area (Å²) >= 11 is 0. The Kier molecular flexibility index (Phi) is 7.61. The maximum Gasteiger partial charge on any atom is 0.326 e. The van der Waals surface area contributed by atoms with E-state index in [0.29, 0.717) is 18.5 Å². The molecule has 2 N–H and O–H groups in total. The lowest BCUT2D eigenvalue weighted by Gasteiger charge is -2.20. The number of carbonyl (C=O) groups excluding carboxylic acids is 2. The van der Waals surface area contributed by atoms with Gasteiger partial charge in [-0.1, -0.05) is 39.8 Å². The molecule has 0 unspecified atom stereocenters. The highest BCUT2D eigenvalue weighted by molar-refractivity contribution is 5.96. The molecule has 1 aromatic carbocycles. The van der Waals surface area contributed by atoms with Crippen molar-refractivity contribution in [2.45, 2.75) is 46.7 Å². The summed E-state index contributed by atoms with van der Waals surface area (Å²) < 4.78 is 0. The van der Waals surface area contributed by atoms with Crippen LogP contribution in [0.3, 0.4) is 0 Å². The predicted molar refractivity (Wildman–Crippen MR) is 96.1 cm³/mol. The number of rotatable bonds is 8. The van der Waals surface area contributed by atoms with E-state index in [2.05, 4.69) is 5.32 Å². The molecular formula is C19H28N2O4. The highest BCUT2D eigenvalue weighted by Crippen LogP contribution is 2.11. The van der Waals surface area contributed by atoms with Gasteiger partial charge in [-0.25, -0.2) is 4.79 Å². The third-order valence-corrected chi connectivity index (χ3v) is 3.82.